The van der Waals surface area contributed by atoms with Crippen LogP contribution < -0.4 is 0 Å². The minimum atomic E-state index is 0.482. The van der Waals surface area contributed by atoms with E-state index in [2.05, 4.69) is 6.92 Å². The summed E-state index contributed by atoms with van der Waals surface area (Å²) in [7, 11) is 0. The second-order valence-corrected chi connectivity index (χ2v) is 1.91. The SMILES string of the molecule is CCCOCC=CCC#N. The van der Waals surface area contributed by atoms with E-state index in [0.29, 0.717) is 13.0 Å². The lowest BCUT2D eigenvalue weighted by atomic mass is 10.4. The fourth-order valence-corrected chi connectivity index (χ4v) is 0.500. The number of hydrogen-bond acceptors (Lipinski definition) is 2. The van der Waals surface area contributed by atoms with Crippen LogP contribution in [0.3, 0.4) is 0 Å². The number of allylic oxidation sites excluding steroid dienone is 1. The Morgan fingerprint density at radius 3 is 2.90 bits per heavy atom. The summed E-state index contributed by atoms with van der Waals surface area (Å²) in [6, 6.07) is 2.02. The van der Waals surface area contributed by atoms with Crippen molar-refractivity contribution in [3.8, 4) is 6.07 Å². The summed E-state index contributed by atoms with van der Waals surface area (Å²) in [6.45, 7) is 3.51. The minimum absolute atomic E-state index is 0.482. The molecule has 0 aliphatic heterocycles. The van der Waals surface area contributed by atoms with Gasteiger partial charge in [0.05, 0.1) is 19.1 Å². The summed E-state index contributed by atoms with van der Waals surface area (Å²) in [5.41, 5.74) is 0. The Bertz CT molecular complexity index is 124. The maximum atomic E-state index is 8.13. The molecule has 0 aromatic heterocycles. The fraction of sp³-hybridized carbons (Fsp3) is 0.625. The molecular weight excluding hydrogens is 126 g/mol. The standard InChI is InChI=1S/C8H13NO/c1-2-7-10-8-5-3-4-6-9/h3,5H,2,4,7-8H2,1H3. The number of hydrogen-bond donors (Lipinski definition) is 0. The van der Waals surface area contributed by atoms with Gasteiger partial charge in [0.2, 0.25) is 0 Å². The molecule has 0 rings (SSSR count). The molecule has 0 aliphatic carbocycles. The molecule has 56 valence electrons. The van der Waals surface area contributed by atoms with Gasteiger partial charge in [0, 0.05) is 6.61 Å². The lowest BCUT2D eigenvalue weighted by molar-refractivity contribution is 0.163. The largest absolute Gasteiger partial charge is 0.377 e. The van der Waals surface area contributed by atoms with Crippen LogP contribution in [0.2, 0.25) is 0 Å². The first kappa shape index (κ1) is 9.19. The quantitative estimate of drug-likeness (QED) is 0.430. The van der Waals surface area contributed by atoms with Crippen molar-refractivity contribution in [2.24, 2.45) is 0 Å². The number of ether oxygens (including phenoxy) is 1. The normalized spacial score (nSPS) is 10.0. The van der Waals surface area contributed by atoms with Gasteiger partial charge in [-0.25, -0.2) is 0 Å². The van der Waals surface area contributed by atoms with Gasteiger partial charge in [-0.2, -0.15) is 5.26 Å². The highest BCUT2D eigenvalue weighted by Crippen LogP contribution is 1.83. The highest BCUT2D eigenvalue weighted by Gasteiger charge is 1.78. The second-order valence-electron chi connectivity index (χ2n) is 1.91. The van der Waals surface area contributed by atoms with Crippen LogP contribution in [0.4, 0.5) is 0 Å². The molecule has 0 aromatic rings. The summed E-state index contributed by atoms with van der Waals surface area (Å²) in [5, 5.41) is 8.13. The molecule has 0 fully saturated rings. The molecule has 0 heterocycles. The second kappa shape index (κ2) is 8.19. The van der Waals surface area contributed by atoms with E-state index in [4.69, 9.17) is 10.00 Å². The third-order valence-electron chi connectivity index (χ3n) is 0.938. The lowest BCUT2D eigenvalue weighted by Gasteiger charge is -1.94. The highest BCUT2D eigenvalue weighted by molar-refractivity contribution is 4.90. The van der Waals surface area contributed by atoms with Crippen LogP contribution >= 0.6 is 0 Å². The predicted molar refractivity (Wildman–Crippen MR) is 40.5 cm³/mol. The van der Waals surface area contributed by atoms with Gasteiger partial charge in [-0.15, -0.1) is 0 Å². The molecule has 0 N–H and O–H groups in total. The molecule has 0 aromatic carbocycles. The zero-order valence-electron chi connectivity index (χ0n) is 6.34. The van der Waals surface area contributed by atoms with Crippen molar-refractivity contribution in [2.75, 3.05) is 13.2 Å². The van der Waals surface area contributed by atoms with E-state index in [1.165, 1.54) is 0 Å². The lowest BCUT2D eigenvalue weighted by Crippen LogP contribution is -1.91. The van der Waals surface area contributed by atoms with Gasteiger partial charge in [-0.3, -0.25) is 0 Å². The van der Waals surface area contributed by atoms with Crippen LogP contribution in [-0.4, -0.2) is 13.2 Å². The number of nitrogens with zero attached hydrogens (tertiary/aromatic N) is 1. The van der Waals surface area contributed by atoms with E-state index in [0.717, 1.165) is 13.0 Å². The monoisotopic (exact) mass is 139 g/mol. The summed E-state index contributed by atoms with van der Waals surface area (Å²) in [4.78, 5) is 0. The zero-order valence-corrected chi connectivity index (χ0v) is 6.34. The fourth-order valence-electron chi connectivity index (χ4n) is 0.500. The Morgan fingerprint density at radius 2 is 2.30 bits per heavy atom. The molecule has 2 heteroatoms. The van der Waals surface area contributed by atoms with E-state index in [-0.39, 0.29) is 0 Å². The minimum Gasteiger partial charge on any atom is -0.377 e. The van der Waals surface area contributed by atoms with Crippen LogP contribution in [0, 0.1) is 11.3 Å². The smallest absolute Gasteiger partial charge is 0.0663 e. The maximum Gasteiger partial charge on any atom is 0.0663 e. The summed E-state index contributed by atoms with van der Waals surface area (Å²) < 4.78 is 5.13. The first-order valence-corrected chi connectivity index (χ1v) is 3.51. The average Bonchev–Trinajstić information content (AvgIpc) is 1.97. The highest BCUT2D eigenvalue weighted by atomic mass is 16.5. The van der Waals surface area contributed by atoms with Gasteiger partial charge >= 0.3 is 0 Å². The zero-order chi connectivity index (χ0) is 7.66. The van der Waals surface area contributed by atoms with Crippen molar-refractivity contribution >= 4 is 0 Å². The van der Waals surface area contributed by atoms with Gasteiger partial charge in [-0.05, 0) is 6.42 Å². The first-order valence-electron chi connectivity index (χ1n) is 3.51. The van der Waals surface area contributed by atoms with Crippen molar-refractivity contribution in [1.82, 2.24) is 0 Å². The van der Waals surface area contributed by atoms with Crippen LogP contribution in [0.15, 0.2) is 12.2 Å². The molecule has 0 atom stereocenters. The van der Waals surface area contributed by atoms with Crippen molar-refractivity contribution in [2.45, 2.75) is 19.8 Å². The molecule has 0 radical (unpaired) electrons. The van der Waals surface area contributed by atoms with Crippen molar-refractivity contribution in [3.05, 3.63) is 12.2 Å². The van der Waals surface area contributed by atoms with Gasteiger partial charge in [0.15, 0.2) is 0 Å². The van der Waals surface area contributed by atoms with Gasteiger partial charge in [0.1, 0.15) is 0 Å². The van der Waals surface area contributed by atoms with Crippen LogP contribution in [0.5, 0.6) is 0 Å². The molecule has 10 heavy (non-hydrogen) atoms. The molecule has 0 aliphatic rings. The van der Waals surface area contributed by atoms with Crippen LogP contribution in [0.25, 0.3) is 0 Å². The van der Waals surface area contributed by atoms with Gasteiger partial charge < -0.3 is 4.74 Å². The Hall–Kier alpha value is -0.810. The van der Waals surface area contributed by atoms with E-state index < -0.39 is 0 Å². The van der Waals surface area contributed by atoms with Crippen molar-refractivity contribution in [1.29, 1.82) is 5.26 Å². The van der Waals surface area contributed by atoms with Crippen molar-refractivity contribution < 1.29 is 4.74 Å². The summed E-state index contributed by atoms with van der Waals surface area (Å²) in [5.74, 6) is 0. The molecule has 0 unspecified atom stereocenters. The summed E-state index contributed by atoms with van der Waals surface area (Å²) >= 11 is 0. The van der Waals surface area contributed by atoms with Crippen molar-refractivity contribution in [3.63, 3.8) is 0 Å². The van der Waals surface area contributed by atoms with Crippen LogP contribution in [0.1, 0.15) is 19.8 Å². The Labute approximate surface area is 62.1 Å². The Morgan fingerprint density at radius 1 is 1.50 bits per heavy atom. The third kappa shape index (κ3) is 7.19. The third-order valence-corrected chi connectivity index (χ3v) is 0.938. The van der Waals surface area contributed by atoms with Gasteiger partial charge in [-0.1, -0.05) is 19.1 Å². The molecule has 2 nitrogen and oxygen atoms in total. The maximum absolute atomic E-state index is 8.13. The molecule has 0 amide bonds. The molecular formula is C8H13NO. The van der Waals surface area contributed by atoms with Crippen LogP contribution in [-0.2, 0) is 4.74 Å². The Kier molecular flexibility index (Phi) is 7.53. The molecule has 0 saturated carbocycles. The predicted octanol–water partition coefficient (Wildman–Crippen LogP) is 1.88. The number of nitriles is 1. The van der Waals surface area contributed by atoms with E-state index >= 15 is 0 Å². The molecule has 0 saturated heterocycles. The topological polar surface area (TPSA) is 33.0 Å². The van der Waals surface area contributed by atoms with E-state index in [9.17, 15) is 0 Å². The Balaban J connectivity index is 2.97. The first-order chi connectivity index (χ1) is 4.91. The van der Waals surface area contributed by atoms with E-state index in [1.807, 2.05) is 18.2 Å². The molecule has 0 spiro atoms. The van der Waals surface area contributed by atoms with Gasteiger partial charge in [0.25, 0.3) is 0 Å². The van der Waals surface area contributed by atoms with E-state index in [1.54, 1.807) is 0 Å². The molecule has 0 bridgehead atoms. The average molecular weight is 139 g/mol. The number of rotatable bonds is 5. The summed E-state index contributed by atoms with van der Waals surface area (Å²) in [6.07, 6.45) is 5.22.